The number of nitrogens with zero attached hydrogens (tertiary/aromatic N) is 1. The molecule has 2 heterocycles. The molecule has 0 spiro atoms. The average molecular weight is 217 g/mol. The number of aliphatic hydroxyl groups excluding tert-OH is 1. The van der Waals surface area contributed by atoms with E-state index in [2.05, 4.69) is 36.1 Å². The lowest BCUT2D eigenvalue weighted by Gasteiger charge is -2.50. The summed E-state index contributed by atoms with van der Waals surface area (Å²) in [6.45, 7) is 4.46. The Morgan fingerprint density at radius 1 is 1.31 bits per heavy atom. The fourth-order valence-electron chi connectivity index (χ4n) is 3.40. The lowest BCUT2D eigenvalue weighted by atomic mass is 9.75. The molecule has 0 bridgehead atoms. The molecule has 86 valence electrons. The van der Waals surface area contributed by atoms with E-state index in [4.69, 9.17) is 0 Å². The van der Waals surface area contributed by atoms with Gasteiger partial charge in [-0.25, -0.2) is 0 Å². The molecule has 1 saturated heterocycles. The first-order chi connectivity index (χ1) is 7.70. The Kier molecular flexibility index (Phi) is 2.30. The molecule has 1 aromatic carbocycles. The molecule has 0 unspecified atom stereocenters. The summed E-state index contributed by atoms with van der Waals surface area (Å²) in [6.07, 6.45) is 2.83. The highest BCUT2D eigenvalue weighted by molar-refractivity contribution is 5.36. The van der Waals surface area contributed by atoms with E-state index in [0.29, 0.717) is 0 Å². The average Bonchev–Trinajstić information content (AvgIpc) is 2.28. The molecule has 0 radical (unpaired) electrons. The fraction of sp³-hybridized carbons (Fsp3) is 0.571. The van der Waals surface area contributed by atoms with E-state index in [1.54, 1.807) is 0 Å². The molecule has 2 nitrogen and oxygen atoms in total. The number of benzene rings is 1. The second-order valence-corrected chi connectivity index (χ2v) is 5.31. The van der Waals surface area contributed by atoms with E-state index >= 15 is 0 Å². The van der Waals surface area contributed by atoms with E-state index in [9.17, 15) is 5.11 Å². The zero-order valence-electron chi connectivity index (χ0n) is 9.82. The Morgan fingerprint density at radius 2 is 2.12 bits per heavy atom. The van der Waals surface area contributed by atoms with E-state index < -0.39 is 0 Å². The minimum Gasteiger partial charge on any atom is -0.393 e. The predicted octanol–water partition coefficient (Wildman–Crippen LogP) is 1.91. The third-order valence-electron chi connectivity index (χ3n) is 4.31. The fourth-order valence-corrected chi connectivity index (χ4v) is 3.40. The molecule has 2 heteroatoms. The molecule has 0 aliphatic carbocycles. The van der Waals surface area contributed by atoms with Crippen LogP contribution in [0.3, 0.4) is 0 Å². The van der Waals surface area contributed by atoms with Crippen LogP contribution >= 0.6 is 0 Å². The molecule has 0 saturated carbocycles. The van der Waals surface area contributed by atoms with Crippen LogP contribution in [-0.2, 0) is 12.0 Å². The minimum absolute atomic E-state index is 0.0620. The molecule has 2 atom stereocenters. The van der Waals surface area contributed by atoms with Gasteiger partial charge in [-0.2, -0.15) is 0 Å². The van der Waals surface area contributed by atoms with Crippen molar-refractivity contribution in [3.63, 3.8) is 0 Å². The number of fused-ring (bicyclic) bond motifs is 3. The van der Waals surface area contributed by atoms with Crippen molar-refractivity contribution < 1.29 is 5.11 Å². The van der Waals surface area contributed by atoms with Crippen LogP contribution in [-0.4, -0.2) is 29.2 Å². The van der Waals surface area contributed by atoms with Crippen LogP contribution in [0.4, 0.5) is 0 Å². The van der Waals surface area contributed by atoms with E-state index in [1.165, 1.54) is 11.1 Å². The Bertz CT molecular complexity index is 403. The third kappa shape index (κ3) is 1.40. The van der Waals surface area contributed by atoms with E-state index in [1.807, 2.05) is 0 Å². The largest absolute Gasteiger partial charge is 0.393 e. The molecule has 2 aliphatic heterocycles. The van der Waals surface area contributed by atoms with Crippen molar-refractivity contribution in [2.24, 2.45) is 0 Å². The molecular formula is C14H19NO. The van der Waals surface area contributed by atoms with Crippen LogP contribution in [0.15, 0.2) is 24.3 Å². The van der Waals surface area contributed by atoms with Gasteiger partial charge in [-0.15, -0.1) is 0 Å². The highest BCUT2D eigenvalue weighted by Crippen LogP contribution is 2.41. The Balaban J connectivity index is 2.07. The van der Waals surface area contributed by atoms with Crippen molar-refractivity contribution in [2.75, 3.05) is 13.1 Å². The summed E-state index contributed by atoms with van der Waals surface area (Å²) >= 11 is 0. The molecule has 1 aromatic rings. The maximum atomic E-state index is 9.91. The maximum absolute atomic E-state index is 9.91. The summed E-state index contributed by atoms with van der Waals surface area (Å²) in [4.78, 5) is 2.54. The van der Waals surface area contributed by atoms with Crippen LogP contribution < -0.4 is 0 Å². The molecular weight excluding hydrogens is 198 g/mol. The number of piperidine rings is 1. The van der Waals surface area contributed by atoms with Gasteiger partial charge in [-0.3, -0.25) is 4.90 Å². The molecule has 1 N–H and O–H groups in total. The molecule has 1 fully saturated rings. The number of hydrogen-bond acceptors (Lipinski definition) is 2. The lowest BCUT2D eigenvalue weighted by molar-refractivity contribution is -0.0212. The second-order valence-electron chi connectivity index (χ2n) is 5.31. The van der Waals surface area contributed by atoms with Crippen LogP contribution in [0.1, 0.15) is 30.9 Å². The van der Waals surface area contributed by atoms with Crippen molar-refractivity contribution >= 4 is 0 Å². The van der Waals surface area contributed by atoms with Gasteiger partial charge in [0.15, 0.2) is 0 Å². The van der Waals surface area contributed by atoms with E-state index in [-0.39, 0.29) is 11.6 Å². The zero-order chi connectivity index (χ0) is 11.2. The smallest absolute Gasteiger partial charge is 0.0573 e. The first kappa shape index (κ1) is 10.3. The monoisotopic (exact) mass is 217 g/mol. The maximum Gasteiger partial charge on any atom is 0.0573 e. The number of rotatable bonds is 0. The summed E-state index contributed by atoms with van der Waals surface area (Å²) in [6, 6.07) is 8.71. The molecule has 3 rings (SSSR count). The van der Waals surface area contributed by atoms with Gasteiger partial charge in [0.1, 0.15) is 0 Å². The van der Waals surface area contributed by atoms with Crippen molar-refractivity contribution in [1.82, 2.24) is 4.90 Å². The van der Waals surface area contributed by atoms with Gasteiger partial charge in [0.25, 0.3) is 0 Å². The first-order valence-corrected chi connectivity index (χ1v) is 6.22. The molecule has 2 aliphatic rings. The van der Waals surface area contributed by atoms with Gasteiger partial charge in [0.2, 0.25) is 0 Å². The van der Waals surface area contributed by atoms with Gasteiger partial charge >= 0.3 is 0 Å². The van der Waals surface area contributed by atoms with Crippen LogP contribution in [0.2, 0.25) is 0 Å². The van der Waals surface area contributed by atoms with Crippen molar-refractivity contribution in [2.45, 2.75) is 37.8 Å². The third-order valence-corrected chi connectivity index (χ3v) is 4.31. The van der Waals surface area contributed by atoms with Gasteiger partial charge in [0, 0.05) is 18.6 Å². The normalized spacial score (nSPS) is 34.2. The van der Waals surface area contributed by atoms with Crippen molar-refractivity contribution in [3.8, 4) is 0 Å². The summed E-state index contributed by atoms with van der Waals surface area (Å²) < 4.78 is 0. The first-order valence-electron chi connectivity index (χ1n) is 6.22. The molecule has 0 aromatic heterocycles. The highest BCUT2D eigenvalue weighted by Gasteiger charge is 2.42. The highest BCUT2D eigenvalue weighted by atomic mass is 16.3. The summed E-state index contributed by atoms with van der Waals surface area (Å²) in [7, 11) is 0. The molecule has 16 heavy (non-hydrogen) atoms. The van der Waals surface area contributed by atoms with Gasteiger partial charge in [-0.1, -0.05) is 24.3 Å². The van der Waals surface area contributed by atoms with E-state index in [0.717, 1.165) is 32.4 Å². The Morgan fingerprint density at radius 3 is 3.00 bits per heavy atom. The number of aliphatic hydroxyl groups is 1. The molecule has 0 amide bonds. The topological polar surface area (TPSA) is 23.5 Å². The van der Waals surface area contributed by atoms with Crippen molar-refractivity contribution in [3.05, 3.63) is 35.4 Å². The Labute approximate surface area is 96.9 Å². The van der Waals surface area contributed by atoms with Gasteiger partial charge in [0.05, 0.1) is 6.10 Å². The van der Waals surface area contributed by atoms with Crippen LogP contribution in [0.25, 0.3) is 0 Å². The quantitative estimate of drug-likeness (QED) is 0.717. The van der Waals surface area contributed by atoms with Crippen molar-refractivity contribution in [1.29, 1.82) is 0 Å². The lowest BCUT2D eigenvalue weighted by Crippen LogP contribution is -2.54. The van der Waals surface area contributed by atoms with Gasteiger partial charge in [-0.05, 0) is 37.3 Å². The minimum atomic E-state index is -0.132. The predicted molar refractivity (Wildman–Crippen MR) is 64.3 cm³/mol. The SMILES string of the molecule is C[C@@]12C[C@H](O)CCN1CCc1ccccc12. The van der Waals surface area contributed by atoms with Crippen LogP contribution in [0.5, 0.6) is 0 Å². The second kappa shape index (κ2) is 3.57. The standard InChI is InChI=1S/C14H19NO/c1-14-10-12(16)7-9-15(14)8-6-11-4-2-3-5-13(11)14/h2-5,12,16H,6-10H2,1H3/t12-,14+/m1/s1. The Hall–Kier alpha value is -0.860. The summed E-state index contributed by atoms with van der Waals surface area (Å²) in [5.74, 6) is 0. The summed E-state index contributed by atoms with van der Waals surface area (Å²) in [5, 5.41) is 9.91. The van der Waals surface area contributed by atoms with Gasteiger partial charge < -0.3 is 5.11 Å². The zero-order valence-corrected chi connectivity index (χ0v) is 9.82. The summed E-state index contributed by atoms with van der Waals surface area (Å²) in [5.41, 5.74) is 2.96. The van der Waals surface area contributed by atoms with Crippen LogP contribution in [0, 0.1) is 0 Å². The number of hydrogen-bond donors (Lipinski definition) is 1.